The minimum Gasteiger partial charge on any atom is -0.391 e. The van der Waals surface area contributed by atoms with Crippen molar-refractivity contribution in [2.75, 3.05) is 19.8 Å². The third-order valence-corrected chi connectivity index (χ3v) is 11.4. The summed E-state index contributed by atoms with van der Waals surface area (Å²) in [6.07, 6.45) is 42.5. The molecule has 0 rings (SSSR count). The fraction of sp³-hybridized carbons (Fsp3) is 0.977. The van der Waals surface area contributed by atoms with Crippen molar-refractivity contribution in [3.63, 3.8) is 0 Å². The van der Waals surface area contributed by atoms with E-state index < -0.39 is 20.0 Å². The van der Waals surface area contributed by atoms with Crippen LogP contribution in [-0.2, 0) is 18.4 Å². The van der Waals surface area contributed by atoms with Crippen molar-refractivity contribution in [3.8, 4) is 0 Å². The van der Waals surface area contributed by atoms with Crippen LogP contribution in [0.3, 0.4) is 0 Å². The van der Waals surface area contributed by atoms with Crippen LogP contribution in [0.1, 0.15) is 239 Å². The quantitative estimate of drug-likeness (QED) is 0.0359. The molecule has 0 spiro atoms. The summed E-state index contributed by atoms with van der Waals surface area (Å²) in [7, 11) is -4.31. The highest BCUT2D eigenvalue weighted by molar-refractivity contribution is 7.47. The first-order valence-electron chi connectivity index (χ1n) is 22.7. The van der Waals surface area contributed by atoms with Crippen LogP contribution in [0, 0.1) is 0 Å². The number of phosphoric acid groups is 1. The summed E-state index contributed by atoms with van der Waals surface area (Å²) < 4.78 is 22.2. The number of unbranched alkanes of at least 4 members (excludes halogenated alkanes) is 31. The molecule has 0 heterocycles. The van der Waals surface area contributed by atoms with Crippen molar-refractivity contribution in [1.82, 2.24) is 5.32 Å². The van der Waals surface area contributed by atoms with Gasteiger partial charge in [-0.2, -0.15) is 0 Å². The Kier molecular flexibility index (Phi) is 39.8. The van der Waals surface area contributed by atoms with E-state index in [0.717, 1.165) is 38.5 Å². The molecule has 1 amide bonds. The van der Waals surface area contributed by atoms with Gasteiger partial charge in [-0.3, -0.25) is 13.8 Å². The fourth-order valence-corrected chi connectivity index (χ4v) is 7.78. The van der Waals surface area contributed by atoms with E-state index in [-0.39, 0.29) is 25.7 Å². The van der Waals surface area contributed by atoms with Crippen molar-refractivity contribution >= 4 is 13.7 Å². The molecular formula is C43H89N2O6P. The van der Waals surface area contributed by atoms with Gasteiger partial charge in [0.2, 0.25) is 5.91 Å². The van der Waals surface area contributed by atoms with Gasteiger partial charge in [-0.15, -0.1) is 0 Å². The van der Waals surface area contributed by atoms with Crippen LogP contribution in [0.15, 0.2) is 0 Å². The highest BCUT2D eigenvalue weighted by atomic mass is 31.2. The summed E-state index contributed by atoms with van der Waals surface area (Å²) in [4.78, 5) is 22.7. The maximum atomic E-state index is 12.8. The molecule has 9 heteroatoms. The largest absolute Gasteiger partial charge is 0.472 e. The van der Waals surface area contributed by atoms with Gasteiger partial charge in [0.15, 0.2) is 0 Å². The standard InChI is InChI=1S/C43H89N2O6P/c1-3-5-7-9-11-13-15-17-19-21-22-24-26-28-30-32-34-36-42(46)41(40-51-52(48,49)50-39-38-44)45-43(47)37-35-33-31-29-27-25-23-20-18-16-14-12-10-8-6-4-2/h41-42,46H,3-40,44H2,1-2H3,(H,45,47)(H,48,49)/t41-,42+/m0/s1. The molecule has 0 aromatic carbocycles. The van der Waals surface area contributed by atoms with Gasteiger partial charge in [-0.25, -0.2) is 4.57 Å². The number of carbonyl (C=O) groups is 1. The minimum absolute atomic E-state index is 0.0926. The van der Waals surface area contributed by atoms with E-state index in [0.29, 0.717) is 12.8 Å². The summed E-state index contributed by atoms with van der Waals surface area (Å²) in [5.74, 6) is -0.156. The van der Waals surface area contributed by atoms with Crippen LogP contribution in [0.4, 0.5) is 0 Å². The van der Waals surface area contributed by atoms with E-state index in [1.807, 2.05) is 0 Å². The predicted octanol–water partition coefficient (Wildman–Crippen LogP) is 12.6. The third kappa shape index (κ3) is 37.8. The lowest BCUT2D eigenvalue weighted by molar-refractivity contribution is -0.123. The maximum absolute atomic E-state index is 12.8. The summed E-state index contributed by atoms with van der Waals surface area (Å²) in [6, 6.07) is -0.767. The molecule has 0 aromatic heterocycles. The lowest BCUT2D eigenvalue weighted by atomic mass is 10.0. The molecule has 0 saturated heterocycles. The van der Waals surface area contributed by atoms with Gasteiger partial charge < -0.3 is 21.1 Å². The molecule has 1 unspecified atom stereocenters. The summed E-state index contributed by atoms with van der Waals surface area (Å²) in [5.41, 5.74) is 5.38. The van der Waals surface area contributed by atoms with E-state index in [2.05, 4.69) is 19.2 Å². The van der Waals surface area contributed by atoms with Crippen molar-refractivity contribution in [2.24, 2.45) is 5.73 Å². The number of nitrogens with one attached hydrogen (secondary N) is 1. The first-order chi connectivity index (χ1) is 25.4. The number of hydrogen-bond donors (Lipinski definition) is 4. The summed E-state index contributed by atoms with van der Waals surface area (Å²) in [6.45, 7) is 4.24. The van der Waals surface area contributed by atoms with Crippen LogP contribution in [0.25, 0.3) is 0 Å². The molecular weight excluding hydrogens is 671 g/mol. The van der Waals surface area contributed by atoms with E-state index in [9.17, 15) is 19.4 Å². The Bertz CT molecular complexity index is 789. The molecule has 0 bridgehead atoms. The number of carbonyl (C=O) groups excluding carboxylic acids is 1. The van der Waals surface area contributed by atoms with Crippen LogP contribution in [0.2, 0.25) is 0 Å². The molecule has 0 aliphatic carbocycles. The highest BCUT2D eigenvalue weighted by Crippen LogP contribution is 2.43. The molecule has 0 aromatic rings. The number of aliphatic hydroxyl groups excluding tert-OH is 1. The van der Waals surface area contributed by atoms with Crippen LogP contribution >= 0.6 is 7.82 Å². The van der Waals surface area contributed by atoms with Crippen LogP contribution < -0.4 is 11.1 Å². The van der Waals surface area contributed by atoms with Gasteiger partial charge in [0.05, 0.1) is 25.4 Å². The summed E-state index contributed by atoms with van der Waals surface area (Å²) in [5, 5.41) is 13.8. The van der Waals surface area contributed by atoms with Gasteiger partial charge in [0, 0.05) is 13.0 Å². The van der Waals surface area contributed by atoms with Crippen molar-refractivity contribution < 1.29 is 28.4 Å². The van der Waals surface area contributed by atoms with E-state index in [4.69, 9.17) is 14.8 Å². The topological polar surface area (TPSA) is 131 Å². The maximum Gasteiger partial charge on any atom is 0.472 e. The number of nitrogens with two attached hydrogens (primary N) is 1. The normalized spacial score (nSPS) is 14.0. The number of aliphatic hydroxyl groups is 1. The van der Waals surface area contributed by atoms with Crippen LogP contribution in [-0.4, -0.2) is 47.8 Å². The van der Waals surface area contributed by atoms with E-state index in [1.54, 1.807) is 0 Å². The molecule has 8 nitrogen and oxygen atoms in total. The molecule has 0 fully saturated rings. The zero-order valence-corrected chi connectivity index (χ0v) is 35.5. The number of phosphoric ester groups is 1. The van der Waals surface area contributed by atoms with Gasteiger partial charge in [-0.05, 0) is 12.8 Å². The first-order valence-corrected chi connectivity index (χ1v) is 24.1. The Hall–Kier alpha value is -0.500. The van der Waals surface area contributed by atoms with E-state index >= 15 is 0 Å². The fourth-order valence-electron chi connectivity index (χ4n) is 7.02. The van der Waals surface area contributed by atoms with Crippen molar-refractivity contribution in [3.05, 3.63) is 0 Å². The zero-order chi connectivity index (χ0) is 38.2. The second-order valence-corrected chi connectivity index (χ2v) is 17.1. The Morgan fingerprint density at radius 2 is 0.885 bits per heavy atom. The second-order valence-electron chi connectivity index (χ2n) is 15.6. The molecule has 0 radical (unpaired) electrons. The molecule has 52 heavy (non-hydrogen) atoms. The van der Waals surface area contributed by atoms with Gasteiger partial charge in [0.1, 0.15) is 0 Å². The zero-order valence-electron chi connectivity index (χ0n) is 34.6. The Balaban J connectivity index is 4.10. The lowest BCUT2D eigenvalue weighted by Gasteiger charge is -2.25. The number of hydrogen-bond acceptors (Lipinski definition) is 6. The molecule has 0 aliphatic heterocycles. The average molecular weight is 761 g/mol. The summed E-state index contributed by atoms with van der Waals surface area (Å²) >= 11 is 0. The third-order valence-electron chi connectivity index (χ3n) is 10.5. The molecule has 3 atom stereocenters. The van der Waals surface area contributed by atoms with E-state index in [1.165, 1.54) is 173 Å². The highest BCUT2D eigenvalue weighted by Gasteiger charge is 2.27. The van der Waals surface area contributed by atoms with Crippen molar-refractivity contribution in [1.29, 1.82) is 0 Å². The van der Waals surface area contributed by atoms with Crippen LogP contribution in [0.5, 0.6) is 0 Å². The average Bonchev–Trinajstić information content (AvgIpc) is 3.13. The Morgan fingerprint density at radius 3 is 1.23 bits per heavy atom. The van der Waals surface area contributed by atoms with Gasteiger partial charge in [-0.1, -0.05) is 219 Å². The SMILES string of the molecule is CCCCCCCCCCCCCCCCCCC[C@@H](O)[C@H](COP(=O)(O)OCCN)NC(=O)CCCCCCCCCCCCCCCCCC. The first kappa shape index (κ1) is 51.5. The lowest BCUT2D eigenvalue weighted by Crippen LogP contribution is -2.46. The monoisotopic (exact) mass is 761 g/mol. The second kappa shape index (κ2) is 40.2. The Labute approximate surface area is 322 Å². The molecule has 0 saturated carbocycles. The number of amides is 1. The smallest absolute Gasteiger partial charge is 0.391 e. The molecule has 0 aliphatic rings. The molecule has 5 N–H and O–H groups in total. The molecule has 312 valence electrons. The minimum atomic E-state index is -4.31. The van der Waals surface area contributed by atoms with Crippen molar-refractivity contribution in [2.45, 2.75) is 251 Å². The van der Waals surface area contributed by atoms with Gasteiger partial charge >= 0.3 is 7.82 Å². The predicted molar refractivity (Wildman–Crippen MR) is 222 cm³/mol. The number of rotatable bonds is 43. The van der Waals surface area contributed by atoms with Gasteiger partial charge in [0.25, 0.3) is 0 Å². The Morgan fingerprint density at radius 1 is 0.558 bits per heavy atom.